The SMILES string of the molecule is CC1=Cc2cccc(-c3ccccc3)c2C1C(C)(C)C. The van der Waals surface area contributed by atoms with Crippen molar-refractivity contribution in [1.29, 1.82) is 0 Å². The van der Waals surface area contributed by atoms with Gasteiger partial charge in [0.1, 0.15) is 0 Å². The molecule has 0 nitrogen and oxygen atoms in total. The van der Waals surface area contributed by atoms with Crippen LogP contribution in [0.25, 0.3) is 17.2 Å². The van der Waals surface area contributed by atoms with Crippen LogP contribution in [0.3, 0.4) is 0 Å². The number of benzene rings is 2. The van der Waals surface area contributed by atoms with Crippen LogP contribution in [-0.4, -0.2) is 0 Å². The lowest BCUT2D eigenvalue weighted by molar-refractivity contribution is 0.359. The van der Waals surface area contributed by atoms with Gasteiger partial charge in [-0.15, -0.1) is 0 Å². The Kier molecular flexibility index (Phi) is 3.05. The molecule has 0 fully saturated rings. The van der Waals surface area contributed by atoms with Crippen molar-refractivity contribution in [3.63, 3.8) is 0 Å². The summed E-state index contributed by atoms with van der Waals surface area (Å²) in [7, 11) is 0. The average Bonchev–Trinajstić information content (AvgIpc) is 2.75. The number of rotatable bonds is 1. The van der Waals surface area contributed by atoms with Crippen molar-refractivity contribution in [2.24, 2.45) is 5.41 Å². The van der Waals surface area contributed by atoms with Gasteiger partial charge in [0.15, 0.2) is 0 Å². The van der Waals surface area contributed by atoms with Crippen molar-refractivity contribution in [1.82, 2.24) is 0 Å². The van der Waals surface area contributed by atoms with Gasteiger partial charge in [-0.25, -0.2) is 0 Å². The minimum Gasteiger partial charge on any atom is -0.0647 e. The Labute approximate surface area is 122 Å². The highest BCUT2D eigenvalue weighted by atomic mass is 14.4. The highest BCUT2D eigenvalue weighted by Crippen LogP contribution is 2.50. The molecule has 0 bridgehead atoms. The molecular formula is C20H22. The molecule has 1 aliphatic rings. The summed E-state index contributed by atoms with van der Waals surface area (Å²) in [5.74, 6) is 0.508. The zero-order valence-electron chi connectivity index (χ0n) is 12.8. The second kappa shape index (κ2) is 4.63. The second-order valence-electron chi connectivity index (χ2n) is 6.86. The molecule has 0 N–H and O–H groups in total. The average molecular weight is 262 g/mol. The summed E-state index contributed by atoms with van der Waals surface area (Å²) in [4.78, 5) is 0. The maximum absolute atomic E-state index is 2.36. The Hall–Kier alpha value is -1.82. The van der Waals surface area contributed by atoms with E-state index in [1.165, 1.54) is 27.8 Å². The largest absolute Gasteiger partial charge is 0.0647 e. The van der Waals surface area contributed by atoms with Crippen LogP contribution in [0, 0.1) is 5.41 Å². The van der Waals surface area contributed by atoms with Crippen molar-refractivity contribution in [3.8, 4) is 11.1 Å². The number of fused-ring (bicyclic) bond motifs is 1. The molecule has 0 saturated heterocycles. The van der Waals surface area contributed by atoms with Gasteiger partial charge >= 0.3 is 0 Å². The Bertz CT molecular complexity index is 654. The molecule has 0 heteroatoms. The Morgan fingerprint density at radius 2 is 1.55 bits per heavy atom. The highest BCUT2D eigenvalue weighted by molar-refractivity contribution is 5.79. The van der Waals surface area contributed by atoms with Gasteiger partial charge in [-0.05, 0) is 34.6 Å². The topological polar surface area (TPSA) is 0 Å². The minimum absolute atomic E-state index is 0.247. The molecule has 0 aromatic heterocycles. The molecule has 0 saturated carbocycles. The molecule has 0 aliphatic heterocycles. The van der Waals surface area contributed by atoms with Gasteiger partial charge in [0, 0.05) is 5.92 Å². The first-order valence-corrected chi connectivity index (χ1v) is 7.35. The molecule has 3 rings (SSSR count). The summed E-state index contributed by atoms with van der Waals surface area (Å²) in [6.07, 6.45) is 2.36. The third-order valence-corrected chi connectivity index (χ3v) is 4.22. The predicted molar refractivity (Wildman–Crippen MR) is 87.7 cm³/mol. The van der Waals surface area contributed by atoms with Crippen LogP contribution in [0.4, 0.5) is 0 Å². The zero-order valence-corrected chi connectivity index (χ0v) is 12.8. The van der Waals surface area contributed by atoms with Crippen molar-refractivity contribution < 1.29 is 0 Å². The highest BCUT2D eigenvalue weighted by Gasteiger charge is 2.34. The Morgan fingerprint density at radius 1 is 0.850 bits per heavy atom. The van der Waals surface area contributed by atoms with Crippen molar-refractivity contribution >= 4 is 6.08 Å². The standard InChI is InChI=1S/C20H22/c1-14-13-16-11-8-12-17(15-9-6-5-7-10-15)18(16)19(14)20(2,3)4/h5-13,19H,1-4H3. The van der Waals surface area contributed by atoms with E-state index in [9.17, 15) is 0 Å². The summed E-state index contributed by atoms with van der Waals surface area (Å²) >= 11 is 0. The smallest absolute Gasteiger partial charge is 0.0109 e. The molecule has 0 amide bonds. The van der Waals surface area contributed by atoms with Gasteiger partial charge in [-0.1, -0.05) is 81.0 Å². The van der Waals surface area contributed by atoms with Gasteiger partial charge in [-0.3, -0.25) is 0 Å². The van der Waals surface area contributed by atoms with Gasteiger partial charge in [-0.2, -0.15) is 0 Å². The minimum atomic E-state index is 0.247. The van der Waals surface area contributed by atoms with Crippen LogP contribution in [0.5, 0.6) is 0 Å². The zero-order chi connectivity index (χ0) is 14.3. The first-order valence-electron chi connectivity index (χ1n) is 7.35. The molecule has 0 spiro atoms. The number of hydrogen-bond donors (Lipinski definition) is 0. The summed E-state index contributed by atoms with van der Waals surface area (Å²) < 4.78 is 0. The van der Waals surface area contributed by atoms with Crippen LogP contribution in [0.15, 0.2) is 54.1 Å². The fourth-order valence-corrected chi connectivity index (χ4v) is 3.57. The second-order valence-corrected chi connectivity index (χ2v) is 6.86. The third-order valence-electron chi connectivity index (χ3n) is 4.22. The molecule has 0 radical (unpaired) electrons. The monoisotopic (exact) mass is 262 g/mol. The molecule has 1 aliphatic carbocycles. The molecule has 0 heterocycles. The van der Waals surface area contributed by atoms with Crippen molar-refractivity contribution in [2.45, 2.75) is 33.6 Å². The van der Waals surface area contributed by atoms with Crippen molar-refractivity contribution in [3.05, 3.63) is 65.2 Å². The van der Waals surface area contributed by atoms with Crippen molar-refractivity contribution in [2.75, 3.05) is 0 Å². The third kappa shape index (κ3) is 2.10. The van der Waals surface area contributed by atoms with E-state index in [4.69, 9.17) is 0 Å². The van der Waals surface area contributed by atoms with E-state index in [0.717, 1.165) is 0 Å². The van der Waals surface area contributed by atoms with E-state index in [0.29, 0.717) is 5.92 Å². The predicted octanol–water partition coefficient (Wildman–Crippen LogP) is 5.90. The van der Waals surface area contributed by atoms with Crippen LogP contribution in [-0.2, 0) is 0 Å². The summed E-state index contributed by atoms with van der Waals surface area (Å²) in [6, 6.07) is 17.4. The van der Waals surface area contributed by atoms with E-state index in [1.54, 1.807) is 0 Å². The van der Waals surface area contributed by atoms with E-state index in [-0.39, 0.29) is 5.41 Å². The van der Waals surface area contributed by atoms with Gasteiger partial charge < -0.3 is 0 Å². The van der Waals surface area contributed by atoms with E-state index >= 15 is 0 Å². The van der Waals surface area contributed by atoms with E-state index in [1.807, 2.05) is 0 Å². The normalized spacial score (nSPS) is 17.8. The number of hydrogen-bond acceptors (Lipinski definition) is 0. The van der Waals surface area contributed by atoms with E-state index in [2.05, 4.69) is 82.3 Å². The summed E-state index contributed by atoms with van der Waals surface area (Å²) in [5.41, 5.74) is 7.33. The van der Waals surface area contributed by atoms with Gasteiger partial charge in [0.05, 0.1) is 0 Å². The lowest BCUT2D eigenvalue weighted by Crippen LogP contribution is -2.18. The Balaban J connectivity index is 2.22. The molecule has 1 unspecified atom stereocenters. The number of allylic oxidation sites excluding steroid dienone is 1. The van der Waals surface area contributed by atoms with Crippen LogP contribution < -0.4 is 0 Å². The summed E-state index contributed by atoms with van der Waals surface area (Å²) in [5, 5.41) is 0. The lowest BCUT2D eigenvalue weighted by Gasteiger charge is -2.31. The first kappa shape index (κ1) is 13.2. The summed E-state index contributed by atoms with van der Waals surface area (Å²) in [6.45, 7) is 9.29. The fraction of sp³-hybridized carbons (Fsp3) is 0.300. The van der Waals surface area contributed by atoms with Gasteiger partial charge in [0.25, 0.3) is 0 Å². The van der Waals surface area contributed by atoms with Crippen LogP contribution in [0.1, 0.15) is 44.7 Å². The molecular weight excluding hydrogens is 240 g/mol. The molecule has 2 aromatic rings. The van der Waals surface area contributed by atoms with E-state index < -0.39 is 0 Å². The molecule has 20 heavy (non-hydrogen) atoms. The van der Waals surface area contributed by atoms with Gasteiger partial charge in [0.2, 0.25) is 0 Å². The fourth-order valence-electron chi connectivity index (χ4n) is 3.57. The quantitative estimate of drug-likeness (QED) is 0.600. The molecule has 2 aromatic carbocycles. The molecule has 102 valence electrons. The van der Waals surface area contributed by atoms with Crippen LogP contribution in [0.2, 0.25) is 0 Å². The maximum Gasteiger partial charge on any atom is 0.0109 e. The maximum atomic E-state index is 2.36. The molecule has 1 atom stereocenters. The van der Waals surface area contributed by atoms with Crippen LogP contribution >= 0.6 is 0 Å². The lowest BCUT2D eigenvalue weighted by atomic mass is 9.73. The first-order chi connectivity index (χ1) is 9.48. The Morgan fingerprint density at radius 3 is 2.20 bits per heavy atom.